The van der Waals surface area contributed by atoms with Crippen molar-refractivity contribution in [2.75, 3.05) is 52.4 Å². The van der Waals surface area contributed by atoms with Crippen LogP contribution in [0.5, 0.6) is 0 Å². The number of aromatic nitrogens is 6. The number of hydrogen-bond donors (Lipinski definition) is 0. The Labute approximate surface area is 605 Å². The molecule has 4 fully saturated rings. The quantitative estimate of drug-likeness (QED) is 0.0798. The van der Waals surface area contributed by atoms with Gasteiger partial charge in [-0.3, -0.25) is 39.2 Å². The van der Waals surface area contributed by atoms with E-state index in [-0.39, 0.29) is 48.3 Å². The Hall–Kier alpha value is -8.04. The Bertz CT molecular complexity index is 3810. The molecule has 0 N–H and O–H groups in total. The van der Waals surface area contributed by atoms with Crippen LogP contribution in [0.2, 0.25) is 0 Å². The van der Waals surface area contributed by atoms with E-state index in [1.54, 1.807) is 9.80 Å². The standard InChI is InChI=1S/2C40H47BrN6O3/c2*1-29-25-44(28-43-29)19-10-20-46(26-30-11-4-2-5-12-30)39(48)36-27-45(21-22-47(36)40(49)50-34-14-6-3-7-15-34)38-35-16-9-8-13-31(35)17-18-32-23-33(41)24-42-37(32)38/h2*2,4-5,8-9,11-13,16,23-25,28,34,36,38H,3,6-7,10,14-15,17-22,26-27H2,1H3/t36-,38+;36-,38-/m11/s1. The Kier molecular flexibility index (Phi) is 23.7. The third-order valence-electron chi connectivity index (χ3n) is 21.0. The van der Waals surface area contributed by atoms with Crippen LogP contribution >= 0.6 is 31.9 Å². The molecular formula is C80H94Br2N12O6. The lowest BCUT2D eigenvalue weighted by Crippen LogP contribution is -2.62. The SMILES string of the molecule is Cc1cn(CCCN(Cc2ccccc2)C(=O)[C@H]2CN([C@@H]3c4ccccc4CCc4cc(Br)cnc43)CCN2C(=O)OC2CCCCC2)cn1.Cc1cn(CCCN(Cc2ccccc2)C(=O)[C@H]2CN([C@H]3c4ccccc4CCc4cc(Br)cnc43)CCN2C(=O)OC2CCCCC2)cn1. The average molecular weight is 1480 g/mol. The maximum atomic E-state index is 15.0. The van der Waals surface area contributed by atoms with Gasteiger partial charge in [-0.05, 0) is 192 Å². The van der Waals surface area contributed by atoms with Crippen LogP contribution in [-0.4, -0.2) is 159 Å². The number of imidazole rings is 2. The number of pyridine rings is 2. The molecule has 2 saturated carbocycles. The van der Waals surface area contributed by atoms with Crippen molar-refractivity contribution in [2.45, 2.75) is 179 Å². The highest BCUT2D eigenvalue weighted by Crippen LogP contribution is 2.41. The third-order valence-corrected chi connectivity index (χ3v) is 21.8. The van der Waals surface area contributed by atoms with Crippen molar-refractivity contribution in [2.24, 2.45) is 0 Å². The minimum atomic E-state index is -0.701. The van der Waals surface area contributed by atoms with E-state index in [1.165, 1.54) is 46.2 Å². The first-order valence-electron chi connectivity index (χ1n) is 36.3. The summed E-state index contributed by atoms with van der Waals surface area (Å²) in [7, 11) is 0. The van der Waals surface area contributed by atoms with Crippen LogP contribution in [0.15, 0.2) is 168 Å². The Morgan fingerprint density at radius 2 is 0.870 bits per heavy atom. The van der Waals surface area contributed by atoms with Crippen LogP contribution in [0.1, 0.15) is 156 Å². The molecular weight excluding hydrogens is 1380 g/mol. The molecule has 0 bridgehead atoms. The minimum absolute atomic E-state index is 0.0492. The summed E-state index contributed by atoms with van der Waals surface area (Å²) < 4.78 is 18.4. The second-order valence-corrected chi connectivity index (χ2v) is 29.8. The van der Waals surface area contributed by atoms with E-state index < -0.39 is 12.1 Å². The van der Waals surface area contributed by atoms with Crippen molar-refractivity contribution in [1.82, 2.24) is 58.5 Å². The number of benzene rings is 4. The average Bonchev–Trinajstić information content (AvgIpc) is 1.40. The van der Waals surface area contributed by atoms with E-state index in [2.05, 4.69) is 146 Å². The Balaban J connectivity index is 0.000000179. The summed E-state index contributed by atoms with van der Waals surface area (Å²) in [4.78, 5) is 88.9. The zero-order valence-corrected chi connectivity index (χ0v) is 61.0. The summed E-state index contributed by atoms with van der Waals surface area (Å²) in [6.45, 7) is 10.3. The van der Waals surface area contributed by atoms with Gasteiger partial charge in [0.05, 0.1) is 47.5 Å². The highest BCUT2D eigenvalue weighted by Gasteiger charge is 2.45. The van der Waals surface area contributed by atoms with Crippen LogP contribution in [0, 0.1) is 13.8 Å². The summed E-state index contributed by atoms with van der Waals surface area (Å²) >= 11 is 7.30. The van der Waals surface area contributed by atoms with Crippen molar-refractivity contribution < 1.29 is 28.7 Å². The number of rotatable bonds is 18. The van der Waals surface area contributed by atoms with Gasteiger partial charge in [-0.15, -0.1) is 0 Å². The number of nitrogens with zero attached hydrogens (tertiary/aromatic N) is 12. The molecule has 524 valence electrons. The molecule has 20 heteroatoms. The van der Waals surface area contributed by atoms with Gasteiger partial charge in [-0.25, -0.2) is 19.6 Å². The van der Waals surface area contributed by atoms with Crippen molar-refractivity contribution in [3.8, 4) is 0 Å². The highest BCUT2D eigenvalue weighted by atomic mass is 79.9. The zero-order valence-electron chi connectivity index (χ0n) is 57.8. The molecule has 6 heterocycles. The van der Waals surface area contributed by atoms with E-state index >= 15 is 0 Å². The molecule has 4 amide bonds. The predicted octanol–water partition coefficient (Wildman–Crippen LogP) is 14.2. The fourth-order valence-electron chi connectivity index (χ4n) is 15.9. The topological polar surface area (TPSA) is 168 Å². The number of carbonyl (C=O) groups excluding carboxylic acids is 4. The molecule has 14 rings (SSSR count). The molecule has 2 saturated heterocycles. The molecule has 6 aliphatic rings. The Morgan fingerprint density at radius 1 is 0.480 bits per heavy atom. The molecule has 2 aliphatic heterocycles. The maximum absolute atomic E-state index is 15.0. The highest BCUT2D eigenvalue weighted by molar-refractivity contribution is 9.10. The molecule has 0 unspecified atom stereocenters. The van der Waals surface area contributed by atoms with Gasteiger partial charge in [0.2, 0.25) is 11.8 Å². The number of fused-ring (bicyclic) bond motifs is 4. The lowest BCUT2D eigenvalue weighted by molar-refractivity contribution is -0.140. The largest absolute Gasteiger partial charge is 0.446 e. The predicted molar refractivity (Wildman–Crippen MR) is 393 cm³/mol. The third kappa shape index (κ3) is 17.5. The molecule has 4 atom stereocenters. The number of amides is 4. The first-order valence-corrected chi connectivity index (χ1v) is 37.9. The van der Waals surface area contributed by atoms with Crippen molar-refractivity contribution >= 4 is 55.9 Å². The van der Waals surface area contributed by atoms with Gasteiger partial charge in [0.25, 0.3) is 0 Å². The van der Waals surface area contributed by atoms with Gasteiger partial charge in [0.1, 0.15) is 24.3 Å². The number of halogens is 2. The summed E-state index contributed by atoms with van der Waals surface area (Å²) in [5, 5.41) is 0. The molecule has 8 aromatic rings. The summed E-state index contributed by atoms with van der Waals surface area (Å²) in [6, 6.07) is 40.2. The van der Waals surface area contributed by atoms with E-state index in [0.717, 1.165) is 146 Å². The van der Waals surface area contributed by atoms with Gasteiger partial charge in [0, 0.05) is 112 Å². The van der Waals surface area contributed by atoms with Gasteiger partial charge < -0.3 is 28.4 Å². The second-order valence-electron chi connectivity index (χ2n) is 28.0. The van der Waals surface area contributed by atoms with Crippen LogP contribution in [0.25, 0.3) is 0 Å². The van der Waals surface area contributed by atoms with Crippen LogP contribution in [-0.2, 0) is 70.9 Å². The van der Waals surface area contributed by atoms with E-state index in [1.807, 2.05) is 97.5 Å². The van der Waals surface area contributed by atoms with Crippen molar-refractivity contribution in [3.63, 3.8) is 0 Å². The molecule has 18 nitrogen and oxygen atoms in total. The number of ether oxygens (including phenoxy) is 2. The minimum Gasteiger partial charge on any atom is -0.446 e. The Morgan fingerprint density at radius 3 is 1.27 bits per heavy atom. The molecule has 0 radical (unpaired) electrons. The fraction of sp³-hybridized carbons (Fsp3) is 0.450. The van der Waals surface area contributed by atoms with Gasteiger partial charge in [-0.2, -0.15) is 0 Å². The summed E-state index contributed by atoms with van der Waals surface area (Å²) in [6.07, 6.45) is 25.9. The molecule has 100 heavy (non-hydrogen) atoms. The van der Waals surface area contributed by atoms with Gasteiger partial charge in [0.15, 0.2) is 0 Å². The van der Waals surface area contributed by atoms with Crippen LogP contribution in [0.3, 0.4) is 0 Å². The monoisotopic (exact) mass is 1480 g/mol. The number of hydrogen-bond acceptors (Lipinski definition) is 12. The smallest absolute Gasteiger partial charge is 0.410 e. The van der Waals surface area contributed by atoms with Crippen LogP contribution < -0.4 is 0 Å². The van der Waals surface area contributed by atoms with Gasteiger partial charge >= 0.3 is 12.2 Å². The molecule has 4 aromatic heterocycles. The zero-order chi connectivity index (χ0) is 68.9. The molecule has 0 spiro atoms. The van der Waals surface area contributed by atoms with Crippen molar-refractivity contribution in [1.29, 1.82) is 0 Å². The van der Waals surface area contributed by atoms with E-state index in [9.17, 15) is 19.2 Å². The maximum Gasteiger partial charge on any atom is 0.410 e. The molecule has 4 aliphatic carbocycles. The lowest BCUT2D eigenvalue weighted by atomic mass is 9.95. The fourth-order valence-corrected chi connectivity index (χ4v) is 16.6. The lowest BCUT2D eigenvalue weighted by Gasteiger charge is -2.45. The van der Waals surface area contributed by atoms with Gasteiger partial charge in [-0.1, -0.05) is 122 Å². The number of aryl methyl sites for hydroxylation is 8. The second kappa shape index (κ2) is 33.6. The molecule has 4 aromatic carbocycles. The van der Waals surface area contributed by atoms with Crippen molar-refractivity contribution in [3.05, 3.63) is 235 Å². The van der Waals surface area contributed by atoms with E-state index in [4.69, 9.17) is 19.4 Å². The summed E-state index contributed by atoms with van der Waals surface area (Å²) in [5.41, 5.74) is 13.6. The number of piperazine rings is 2. The summed E-state index contributed by atoms with van der Waals surface area (Å²) in [5.74, 6) is -0.0984. The van der Waals surface area contributed by atoms with E-state index in [0.29, 0.717) is 65.4 Å². The first kappa shape index (κ1) is 70.4. The first-order chi connectivity index (χ1) is 48.8. The normalized spacial score (nSPS) is 19.7. The van der Waals surface area contributed by atoms with Crippen LogP contribution in [0.4, 0.5) is 9.59 Å². The number of carbonyl (C=O) groups is 4.